The van der Waals surface area contributed by atoms with Gasteiger partial charge < -0.3 is 11.1 Å². The van der Waals surface area contributed by atoms with Crippen molar-refractivity contribution in [2.45, 2.75) is 38.1 Å². The van der Waals surface area contributed by atoms with E-state index in [0.717, 1.165) is 29.1 Å². The van der Waals surface area contributed by atoms with Crippen LogP contribution < -0.4 is 11.1 Å². The minimum absolute atomic E-state index is 0.134. The second-order valence-electron chi connectivity index (χ2n) is 7.21. The lowest BCUT2D eigenvalue weighted by molar-refractivity contribution is 0.103. The smallest absolute Gasteiger partial charge is 0.203 e. The van der Waals surface area contributed by atoms with Crippen LogP contribution in [-0.2, 0) is 0 Å². The molecule has 0 bridgehead atoms. The maximum absolute atomic E-state index is 13.1. The third kappa shape index (κ3) is 3.58. The molecule has 6 heteroatoms. The molecule has 1 aliphatic heterocycles. The van der Waals surface area contributed by atoms with Crippen molar-refractivity contribution in [3.63, 3.8) is 0 Å². The fourth-order valence-electron chi connectivity index (χ4n) is 3.75. The van der Waals surface area contributed by atoms with Crippen LogP contribution in [0.3, 0.4) is 0 Å². The Labute approximate surface area is 168 Å². The summed E-state index contributed by atoms with van der Waals surface area (Å²) < 4.78 is 0. The number of aliphatic imine (C=N–C) groups is 1. The molecule has 2 aliphatic rings. The Bertz CT molecular complexity index is 992. The average molecular weight is 391 g/mol. The van der Waals surface area contributed by atoms with E-state index in [-0.39, 0.29) is 11.5 Å². The van der Waals surface area contributed by atoms with Crippen molar-refractivity contribution in [3.8, 4) is 6.07 Å². The van der Waals surface area contributed by atoms with Gasteiger partial charge in [-0.25, -0.2) is 0 Å². The normalized spacial score (nSPS) is 17.0. The highest BCUT2D eigenvalue weighted by Gasteiger charge is 2.26. The van der Waals surface area contributed by atoms with E-state index in [9.17, 15) is 10.1 Å². The molecule has 4 rings (SSSR count). The lowest BCUT2D eigenvalue weighted by Crippen LogP contribution is -2.22. The molecule has 28 heavy (non-hydrogen) atoms. The van der Waals surface area contributed by atoms with Crippen LogP contribution in [0.15, 0.2) is 47.0 Å². The second-order valence-corrected chi connectivity index (χ2v) is 8.23. The zero-order valence-electron chi connectivity index (χ0n) is 15.6. The molecule has 3 N–H and O–H groups in total. The van der Waals surface area contributed by atoms with E-state index in [1.54, 1.807) is 0 Å². The lowest BCUT2D eigenvalue weighted by Gasteiger charge is -2.23. The van der Waals surface area contributed by atoms with E-state index in [2.05, 4.69) is 16.4 Å². The number of nitrogens with zero attached hydrogens (tertiary/aromatic N) is 2. The zero-order chi connectivity index (χ0) is 19.5. The Morgan fingerprint density at radius 1 is 1.21 bits per heavy atom. The standard InChI is InChI=1S/C22H22N4OS/c23-12-17-19(24)21(28-22(17)26-16-9-5-2-6-10-16)20(27)15-11-18(25-13-15)14-7-3-1-4-8-14/h1,3-4,7-8,11,16,26H,2,5-6,9-10,13,24H2. The molecule has 0 spiro atoms. The molecule has 1 aliphatic carbocycles. The lowest BCUT2D eigenvalue weighted by atomic mass is 9.95. The Morgan fingerprint density at radius 3 is 2.68 bits per heavy atom. The molecule has 1 aromatic carbocycles. The minimum Gasteiger partial charge on any atom is -0.396 e. The van der Waals surface area contributed by atoms with Crippen LogP contribution >= 0.6 is 11.3 Å². The van der Waals surface area contributed by atoms with Gasteiger partial charge in [0, 0.05) is 11.6 Å². The van der Waals surface area contributed by atoms with Crippen molar-refractivity contribution in [2.24, 2.45) is 4.99 Å². The van der Waals surface area contributed by atoms with Crippen LogP contribution in [0.5, 0.6) is 0 Å². The SMILES string of the molecule is N#Cc1c(NC2CCCCC2)sc(C(=O)C2=CC(c3ccccc3)=NC2)c1N. The van der Waals surface area contributed by atoms with Crippen LogP contribution in [-0.4, -0.2) is 24.1 Å². The van der Waals surface area contributed by atoms with Crippen LogP contribution in [0.1, 0.15) is 52.9 Å². The summed E-state index contributed by atoms with van der Waals surface area (Å²) in [5.74, 6) is -0.134. The molecule has 1 saturated carbocycles. The van der Waals surface area contributed by atoms with Crippen molar-refractivity contribution in [2.75, 3.05) is 17.6 Å². The number of anilines is 2. The first-order valence-corrected chi connectivity index (χ1v) is 10.4. The van der Waals surface area contributed by atoms with Crippen LogP contribution in [0.25, 0.3) is 0 Å². The maximum atomic E-state index is 13.1. The third-order valence-corrected chi connectivity index (χ3v) is 6.43. The number of hydrogen-bond donors (Lipinski definition) is 2. The van der Waals surface area contributed by atoms with Gasteiger partial charge in [0.15, 0.2) is 0 Å². The Hall–Kier alpha value is -2.91. The molecule has 0 radical (unpaired) electrons. The van der Waals surface area contributed by atoms with Crippen molar-refractivity contribution >= 4 is 33.5 Å². The van der Waals surface area contributed by atoms with Crippen molar-refractivity contribution < 1.29 is 4.79 Å². The van der Waals surface area contributed by atoms with Gasteiger partial charge in [-0.15, -0.1) is 11.3 Å². The van der Waals surface area contributed by atoms with Gasteiger partial charge in [0.25, 0.3) is 0 Å². The second kappa shape index (κ2) is 7.99. The molecule has 1 aromatic heterocycles. The van der Waals surface area contributed by atoms with Gasteiger partial charge >= 0.3 is 0 Å². The highest BCUT2D eigenvalue weighted by atomic mass is 32.1. The van der Waals surface area contributed by atoms with E-state index in [0.29, 0.717) is 28.6 Å². The number of rotatable bonds is 5. The minimum atomic E-state index is -0.134. The number of nitrogens with one attached hydrogen (secondary N) is 1. The van der Waals surface area contributed by atoms with Crippen molar-refractivity contribution in [3.05, 3.63) is 58.0 Å². The molecule has 2 aromatic rings. The molecule has 0 atom stereocenters. The maximum Gasteiger partial charge on any atom is 0.203 e. The summed E-state index contributed by atoms with van der Waals surface area (Å²) in [5, 5.41) is 13.7. The largest absolute Gasteiger partial charge is 0.396 e. The number of benzene rings is 1. The first kappa shape index (κ1) is 18.5. The van der Waals surface area contributed by atoms with Gasteiger partial charge in [-0.05, 0) is 24.5 Å². The number of nitrogens with two attached hydrogens (primary N) is 1. The number of ketones is 1. The van der Waals surface area contributed by atoms with Gasteiger partial charge in [-0.2, -0.15) is 5.26 Å². The highest BCUT2D eigenvalue weighted by molar-refractivity contribution is 7.19. The fourth-order valence-corrected chi connectivity index (χ4v) is 4.87. The van der Waals surface area contributed by atoms with E-state index in [1.807, 2.05) is 36.4 Å². The number of hydrogen-bond acceptors (Lipinski definition) is 6. The number of nitrogen functional groups attached to an aromatic ring is 1. The quantitative estimate of drug-likeness (QED) is 0.732. The zero-order valence-corrected chi connectivity index (χ0v) is 16.4. The predicted octanol–water partition coefficient (Wildman–Crippen LogP) is 4.56. The first-order chi connectivity index (χ1) is 13.7. The van der Waals surface area contributed by atoms with E-state index < -0.39 is 0 Å². The van der Waals surface area contributed by atoms with Crippen molar-refractivity contribution in [1.82, 2.24) is 0 Å². The Balaban J connectivity index is 1.57. The van der Waals surface area contributed by atoms with Gasteiger partial charge in [0.2, 0.25) is 5.78 Å². The molecule has 142 valence electrons. The summed E-state index contributed by atoms with van der Waals surface area (Å²) in [7, 11) is 0. The van der Waals surface area contributed by atoms with Gasteiger partial charge in [0.05, 0.1) is 17.9 Å². The van der Waals surface area contributed by atoms with Gasteiger partial charge in [-0.1, -0.05) is 49.6 Å². The molecule has 0 amide bonds. The number of carbonyl (C=O) groups is 1. The Kier molecular flexibility index (Phi) is 5.27. The number of thiophene rings is 1. The monoisotopic (exact) mass is 390 g/mol. The molecule has 2 heterocycles. The molecule has 0 saturated heterocycles. The van der Waals surface area contributed by atoms with Crippen LogP contribution in [0.2, 0.25) is 0 Å². The van der Waals surface area contributed by atoms with Crippen LogP contribution in [0, 0.1) is 11.3 Å². The van der Waals surface area contributed by atoms with Crippen LogP contribution in [0.4, 0.5) is 10.7 Å². The summed E-state index contributed by atoms with van der Waals surface area (Å²) in [6, 6.07) is 12.3. The molecule has 0 unspecified atom stereocenters. The average Bonchev–Trinajstić information content (AvgIpc) is 3.34. The summed E-state index contributed by atoms with van der Waals surface area (Å²) in [5.41, 5.74) is 9.27. The number of carbonyl (C=O) groups excluding carboxylic acids is 1. The number of allylic oxidation sites excluding steroid dienone is 1. The molecular weight excluding hydrogens is 368 g/mol. The topological polar surface area (TPSA) is 91.3 Å². The Morgan fingerprint density at radius 2 is 1.96 bits per heavy atom. The molecule has 1 fully saturated rings. The van der Waals surface area contributed by atoms with E-state index in [1.165, 1.54) is 30.6 Å². The fraction of sp³-hybridized carbons (Fsp3) is 0.318. The van der Waals surface area contributed by atoms with E-state index in [4.69, 9.17) is 5.73 Å². The number of Topliss-reactive ketones (excluding diaryl/α,β-unsaturated/α-hetero) is 1. The van der Waals surface area contributed by atoms with Gasteiger partial charge in [0.1, 0.15) is 21.5 Å². The van der Waals surface area contributed by atoms with E-state index >= 15 is 0 Å². The molecule has 5 nitrogen and oxygen atoms in total. The summed E-state index contributed by atoms with van der Waals surface area (Å²) in [6.07, 6.45) is 7.66. The number of nitriles is 1. The van der Waals surface area contributed by atoms with Gasteiger partial charge in [-0.3, -0.25) is 9.79 Å². The summed E-state index contributed by atoms with van der Waals surface area (Å²) >= 11 is 1.30. The third-order valence-electron chi connectivity index (χ3n) is 5.30. The highest BCUT2D eigenvalue weighted by Crippen LogP contribution is 2.38. The first-order valence-electron chi connectivity index (χ1n) is 9.61. The van der Waals surface area contributed by atoms with Crippen molar-refractivity contribution in [1.29, 1.82) is 5.26 Å². The summed E-state index contributed by atoms with van der Waals surface area (Å²) in [6.45, 7) is 0.341. The predicted molar refractivity (Wildman–Crippen MR) is 114 cm³/mol. The summed E-state index contributed by atoms with van der Waals surface area (Å²) in [4.78, 5) is 18.0. The molecular formula is C22H22N4OS.